The fraction of sp³-hybridized carbons (Fsp3) is 0.750. The number of halogens is 1. The lowest BCUT2D eigenvalue weighted by molar-refractivity contribution is -0.121. The summed E-state index contributed by atoms with van der Waals surface area (Å²) < 4.78 is 2.00. The molecule has 1 aromatic heterocycles. The highest BCUT2D eigenvalue weighted by molar-refractivity contribution is 14.0. The molecule has 0 aromatic carbocycles. The van der Waals surface area contributed by atoms with E-state index in [-0.39, 0.29) is 29.9 Å². The van der Waals surface area contributed by atoms with Gasteiger partial charge in [-0.15, -0.1) is 24.0 Å². The van der Waals surface area contributed by atoms with E-state index in [0.717, 1.165) is 57.0 Å². The van der Waals surface area contributed by atoms with Crippen molar-refractivity contribution < 1.29 is 4.79 Å². The van der Waals surface area contributed by atoms with Crippen LogP contribution in [-0.2, 0) is 31.2 Å². The fourth-order valence-corrected chi connectivity index (χ4v) is 3.87. The molecule has 160 valence electrons. The van der Waals surface area contributed by atoms with E-state index in [9.17, 15) is 4.79 Å². The van der Waals surface area contributed by atoms with Gasteiger partial charge in [-0.2, -0.15) is 5.10 Å². The Morgan fingerprint density at radius 1 is 1.21 bits per heavy atom. The van der Waals surface area contributed by atoms with E-state index in [2.05, 4.69) is 41.4 Å². The second-order valence-corrected chi connectivity index (χ2v) is 7.18. The fourth-order valence-electron chi connectivity index (χ4n) is 3.87. The summed E-state index contributed by atoms with van der Waals surface area (Å²) in [5, 5.41) is 10.8. The first-order chi connectivity index (χ1) is 13.0. The number of guanidine groups is 1. The minimum atomic E-state index is 0. The van der Waals surface area contributed by atoms with Crippen molar-refractivity contribution >= 4 is 35.8 Å². The molecule has 2 rings (SSSR count). The summed E-state index contributed by atoms with van der Waals surface area (Å²) >= 11 is 0. The standard InChI is InChI=1S/C20H36N6O.HI/c1-6-17-16(18(7-2)25(5)24-17)14-23-20(22-8-3)26-11-9-15(10-12-26)13-19(27)21-4;/h15H,6-14H2,1-5H3,(H,21,27)(H,22,23);1H. The number of hydrogen-bond acceptors (Lipinski definition) is 3. The first kappa shape index (κ1) is 24.7. The van der Waals surface area contributed by atoms with Crippen LogP contribution >= 0.6 is 24.0 Å². The molecule has 2 N–H and O–H groups in total. The highest BCUT2D eigenvalue weighted by atomic mass is 127. The number of carbonyl (C=O) groups is 1. The lowest BCUT2D eigenvalue weighted by Crippen LogP contribution is -2.46. The average Bonchev–Trinajstić information content (AvgIpc) is 3.00. The van der Waals surface area contributed by atoms with Crippen LogP contribution in [0.2, 0.25) is 0 Å². The zero-order valence-corrected chi connectivity index (χ0v) is 20.4. The molecule has 0 atom stereocenters. The van der Waals surface area contributed by atoms with E-state index < -0.39 is 0 Å². The zero-order valence-electron chi connectivity index (χ0n) is 18.0. The molecule has 0 bridgehead atoms. The number of likely N-dealkylation sites (tertiary alicyclic amines) is 1. The number of aromatic nitrogens is 2. The van der Waals surface area contributed by atoms with Crippen molar-refractivity contribution in [3.8, 4) is 0 Å². The molecule has 8 heteroatoms. The van der Waals surface area contributed by atoms with Crippen LogP contribution in [0.25, 0.3) is 0 Å². The normalized spacial score (nSPS) is 15.3. The van der Waals surface area contributed by atoms with Gasteiger partial charge in [-0.05, 0) is 38.5 Å². The molecule has 2 heterocycles. The Morgan fingerprint density at radius 3 is 2.43 bits per heavy atom. The number of nitrogens with one attached hydrogen (secondary N) is 2. The van der Waals surface area contributed by atoms with Crippen molar-refractivity contribution in [1.82, 2.24) is 25.3 Å². The Labute approximate surface area is 186 Å². The molecule has 0 radical (unpaired) electrons. The monoisotopic (exact) mass is 504 g/mol. The van der Waals surface area contributed by atoms with Crippen molar-refractivity contribution in [2.75, 3.05) is 26.7 Å². The third-order valence-electron chi connectivity index (χ3n) is 5.42. The summed E-state index contributed by atoms with van der Waals surface area (Å²) in [4.78, 5) is 18.9. The Hall–Kier alpha value is -1.32. The molecule has 0 unspecified atom stereocenters. The lowest BCUT2D eigenvalue weighted by atomic mass is 9.93. The number of aliphatic imine (C=N–C) groups is 1. The Balaban J connectivity index is 0.00000392. The summed E-state index contributed by atoms with van der Waals surface area (Å²) in [6, 6.07) is 0. The molecule has 0 saturated carbocycles. The Bertz CT molecular complexity index is 649. The van der Waals surface area contributed by atoms with E-state index >= 15 is 0 Å². The summed E-state index contributed by atoms with van der Waals surface area (Å²) in [6.45, 7) is 9.84. The van der Waals surface area contributed by atoms with Gasteiger partial charge < -0.3 is 15.5 Å². The second kappa shape index (κ2) is 12.3. The Kier molecular flexibility index (Phi) is 10.8. The molecule has 1 saturated heterocycles. The average molecular weight is 504 g/mol. The zero-order chi connectivity index (χ0) is 19.8. The Morgan fingerprint density at radius 2 is 1.89 bits per heavy atom. The van der Waals surface area contributed by atoms with Gasteiger partial charge in [-0.25, -0.2) is 4.99 Å². The van der Waals surface area contributed by atoms with Crippen LogP contribution in [0.4, 0.5) is 0 Å². The minimum Gasteiger partial charge on any atom is -0.359 e. The first-order valence-electron chi connectivity index (χ1n) is 10.3. The summed E-state index contributed by atoms with van der Waals surface area (Å²) in [5.74, 6) is 1.59. The molecule has 0 aliphatic carbocycles. The molecule has 1 aliphatic heterocycles. The molecule has 7 nitrogen and oxygen atoms in total. The van der Waals surface area contributed by atoms with Gasteiger partial charge in [-0.1, -0.05) is 13.8 Å². The van der Waals surface area contributed by atoms with Crippen LogP contribution in [0.5, 0.6) is 0 Å². The van der Waals surface area contributed by atoms with Crippen molar-refractivity contribution in [3.63, 3.8) is 0 Å². The van der Waals surface area contributed by atoms with Crippen LogP contribution in [0.3, 0.4) is 0 Å². The number of piperidine rings is 1. The van der Waals surface area contributed by atoms with Gasteiger partial charge >= 0.3 is 0 Å². The smallest absolute Gasteiger partial charge is 0.220 e. The van der Waals surface area contributed by atoms with Crippen LogP contribution in [0, 0.1) is 5.92 Å². The van der Waals surface area contributed by atoms with Gasteiger partial charge in [0.15, 0.2) is 5.96 Å². The summed E-state index contributed by atoms with van der Waals surface area (Å²) in [5.41, 5.74) is 3.70. The van der Waals surface area contributed by atoms with Crippen molar-refractivity contribution in [1.29, 1.82) is 0 Å². The van der Waals surface area contributed by atoms with E-state index in [0.29, 0.717) is 18.9 Å². The van der Waals surface area contributed by atoms with Gasteiger partial charge in [0, 0.05) is 51.4 Å². The molecule has 28 heavy (non-hydrogen) atoms. The van der Waals surface area contributed by atoms with Crippen molar-refractivity contribution in [2.24, 2.45) is 18.0 Å². The number of rotatable bonds is 7. The van der Waals surface area contributed by atoms with Crippen molar-refractivity contribution in [2.45, 2.75) is 59.4 Å². The summed E-state index contributed by atoms with van der Waals surface area (Å²) in [7, 11) is 3.73. The van der Waals surface area contributed by atoms with Crippen LogP contribution in [0.15, 0.2) is 4.99 Å². The molecule has 1 aliphatic rings. The molecular weight excluding hydrogens is 467 g/mol. The maximum absolute atomic E-state index is 11.6. The predicted molar refractivity (Wildman–Crippen MR) is 125 cm³/mol. The lowest BCUT2D eigenvalue weighted by Gasteiger charge is -2.34. The maximum Gasteiger partial charge on any atom is 0.220 e. The summed E-state index contributed by atoms with van der Waals surface area (Å²) in [6.07, 6.45) is 4.60. The third kappa shape index (κ3) is 6.35. The van der Waals surface area contributed by atoms with Crippen LogP contribution in [-0.4, -0.2) is 53.2 Å². The van der Waals surface area contributed by atoms with Crippen LogP contribution < -0.4 is 10.6 Å². The van der Waals surface area contributed by atoms with E-state index in [1.165, 1.54) is 11.3 Å². The minimum absolute atomic E-state index is 0. The van der Waals surface area contributed by atoms with Gasteiger partial charge in [0.2, 0.25) is 5.91 Å². The predicted octanol–water partition coefficient (Wildman–Crippen LogP) is 2.48. The number of nitrogens with zero attached hydrogens (tertiary/aromatic N) is 4. The number of hydrogen-bond donors (Lipinski definition) is 2. The molecular formula is C20H37IN6O. The van der Waals surface area contributed by atoms with Gasteiger partial charge in [-0.3, -0.25) is 9.48 Å². The van der Waals surface area contributed by atoms with Gasteiger partial charge in [0.25, 0.3) is 0 Å². The molecule has 1 amide bonds. The van der Waals surface area contributed by atoms with E-state index in [1.807, 2.05) is 11.7 Å². The molecule has 1 fully saturated rings. The number of aryl methyl sites for hydroxylation is 2. The SMILES string of the molecule is CCNC(=NCc1c(CC)nn(C)c1CC)N1CCC(CC(=O)NC)CC1.I. The second-order valence-electron chi connectivity index (χ2n) is 7.18. The molecule has 1 aromatic rings. The quantitative estimate of drug-likeness (QED) is 0.340. The van der Waals surface area contributed by atoms with E-state index in [1.54, 1.807) is 7.05 Å². The largest absolute Gasteiger partial charge is 0.359 e. The number of amides is 1. The first-order valence-corrected chi connectivity index (χ1v) is 10.3. The van der Waals surface area contributed by atoms with Gasteiger partial charge in [0.1, 0.15) is 0 Å². The van der Waals surface area contributed by atoms with E-state index in [4.69, 9.17) is 4.99 Å². The molecule has 0 spiro atoms. The third-order valence-corrected chi connectivity index (χ3v) is 5.42. The highest BCUT2D eigenvalue weighted by Gasteiger charge is 2.23. The topological polar surface area (TPSA) is 74.5 Å². The van der Waals surface area contributed by atoms with Gasteiger partial charge in [0.05, 0.1) is 12.2 Å². The van der Waals surface area contributed by atoms with Crippen LogP contribution in [0.1, 0.15) is 57.0 Å². The highest BCUT2D eigenvalue weighted by Crippen LogP contribution is 2.21. The van der Waals surface area contributed by atoms with Crippen molar-refractivity contribution in [3.05, 3.63) is 17.0 Å². The maximum atomic E-state index is 11.6. The number of carbonyl (C=O) groups excluding carboxylic acids is 1.